The number of thiophene rings is 1. The molecule has 1 aromatic heterocycles. The second-order valence-electron chi connectivity index (χ2n) is 2.83. The summed E-state index contributed by atoms with van der Waals surface area (Å²) in [6.07, 6.45) is 2.62. The number of rotatable bonds is 4. The average Bonchev–Trinajstić information content (AvgIpc) is 2.61. The number of hydrogen-bond acceptors (Lipinski definition) is 3. The molecule has 0 bridgehead atoms. The molecule has 0 aliphatic heterocycles. The Bertz CT molecular complexity index is 324. The molecule has 0 fully saturated rings. The van der Waals surface area contributed by atoms with E-state index in [-0.39, 0.29) is 5.92 Å². The third kappa shape index (κ3) is 2.16. The molecular formula is C10H11NOS. The molecule has 0 aromatic carbocycles. The normalized spacial score (nSPS) is 12.0. The molecule has 3 heteroatoms. The number of aldehydes is 1. The minimum atomic E-state index is -0.106. The van der Waals surface area contributed by atoms with Crippen molar-refractivity contribution < 1.29 is 4.79 Å². The van der Waals surface area contributed by atoms with Gasteiger partial charge in [-0.3, -0.25) is 4.79 Å². The van der Waals surface area contributed by atoms with Gasteiger partial charge in [-0.2, -0.15) is 5.26 Å². The van der Waals surface area contributed by atoms with Gasteiger partial charge in [-0.1, -0.05) is 13.3 Å². The lowest BCUT2D eigenvalue weighted by atomic mass is 10.0. The van der Waals surface area contributed by atoms with E-state index in [1.807, 2.05) is 12.3 Å². The van der Waals surface area contributed by atoms with Crippen molar-refractivity contribution in [3.05, 3.63) is 21.9 Å². The fourth-order valence-corrected chi connectivity index (χ4v) is 2.20. The smallest absolute Gasteiger partial charge is 0.151 e. The van der Waals surface area contributed by atoms with Crippen LogP contribution in [-0.2, 0) is 0 Å². The molecule has 68 valence electrons. The van der Waals surface area contributed by atoms with Crippen LogP contribution in [-0.4, -0.2) is 6.29 Å². The second-order valence-corrected chi connectivity index (χ2v) is 3.78. The average molecular weight is 193 g/mol. The van der Waals surface area contributed by atoms with Crippen molar-refractivity contribution in [3.63, 3.8) is 0 Å². The molecule has 2 nitrogen and oxygen atoms in total. The number of hydrogen-bond donors (Lipinski definition) is 0. The third-order valence-corrected chi connectivity index (χ3v) is 2.95. The largest absolute Gasteiger partial charge is 0.298 e. The highest BCUT2D eigenvalue weighted by Gasteiger charge is 2.14. The molecule has 1 unspecified atom stereocenters. The molecule has 0 saturated heterocycles. The van der Waals surface area contributed by atoms with Gasteiger partial charge in [0.2, 0.25) is 0 Å². The van der Waals surface area contributed by atoms with Gasteiger partial charge < -0.3 is 0 Å². The van der Waals surface area contributed by atoms with Crippen LogP contribution in [0.4, 0.5) is 0 Å². The van der Waals surface area contributed by atoms with Crippen LogP contribution in [0.3, 0.4) is 0 Å². The van der Waals surface area contributed by atoms with Gasteiger partial charge in [-0.15, -0.1) is 11.3 Å². The van der Waals surface area contributed by atoms with Crippen molar-refractivity contribution >= 4 is 17.6 Å². The molecule has 1 rings (SSSR count). The van der Waals surface area contributed by atoms with Gasteiger partial charge in [0.05, 0.1) is 12.0 Å². The van der Waals surface area contributed by atoms with Gasteiger partial charge in [-0.25, -0.2) is 0 Å². The van der Waals surface area contributed by atoms with Crippen molar-refractivity contribution in [2.24, 2.45) is 0 Å². The van der Waals surface area contributed by atoms with E-state index >= 15 is 0 Å². The molecule has 0 aliphatic carbocycles. The van der Waals surface area contributed by atoms with E-state index in [2.05, 4.69) is 6.07 Å². The van der Waals surface area contributed by atoms with Crippen LogP contribution in [0.1, 0.15) is 40.9 Å². The number of carbonyl (C=O) groups is 1. The predicted molar refractivity (Wildman–Crippen MR) is 53.0 cm³/mol. The predicted octanol–water partition coefficient (Wildman–Crippen LogP) is 2.97. The van der Waals surface area contributed by atoms with Gasteiger partial charge in [0.25, 0.3) is 0 Å². The highest BCUT2D eigenvalue weighted by atomic mass is 32.1. The number of nitrogens with zero attached hydrogens (tertiary/aromatic N) is 1. The first-order valence-electron chi connectivity index (χ1n) is 4.25. The van der Waals surface area contributed by atoms with Crippen LogP contribution in [0.5, 0.6) is 0 Å². The van der Waals surface area contributed by atoms with Crippen molar-refractivity contribution in [2.45, 2.75) is 25.7 Å². The van der Waals surface area contributed by atoms with Crippen LogP contribution in [0.2, 0.25) is 0 Å². The molecule has 0 amide bonds. The van der Waals surface area contributed by atoms with E-state index < -0.39 is 0 Å². The standard InChI is InChI=1S/C10H11NOS/c1-2-3-8(6-11)10-9(7-12)4-5-13-10/h4-5,7-8H,2-3H2,1H3. The topological polar surface area (TPSA) is 40.9 Å². The summed E-state index contributed by atoms with van der Waals surface area (Å²) in [5.74, 6) is -0.106. The molecule has 0 N–H and O–H groups in total. The van der Waals surface area contributed by atoms with E-state index in [9.17, 15) is 4.79 Å². The lowest BCUT2D eigenvalue weighted by molar-refractivity contribution is 0.112. The minimum absolute atomic E-state index is 0.106. The summed E-state index contributed by atoms with van der Waals surface area (Å²) in [6.45, 7) is 2.04. The minimum Gasteiger partial charge on any atom is -0.298 e. The van der Waals surface area contributed by atoms with Crippen molar-refractivity contribution in [1.82, 2.24) is 0 Å². The Morgan fingerprint density at radius 3 is 3.08 bits per heavy atom. The summed E-state index contributed by atoms with van der Waals surface area (Å²) < 4.78 is 0. The Balaban J connectivity index is 2.91. The first-order chi connectivity index (χ1) is 6.33. The summed E-state index contributed by atoms with van der Waals surface area (Å²) >= 11 is 1.49. The number of nitriles is 1. The monoisotopic (exact) mass is 193 g/mol. The fourth-order valence-electron chi connectivity index (χ4n) is 1.25. The zero-order valence-electron chi connectivity index (χ0n) is 7.49. The van der Waals surface area contributed by atoms with Crippen molar-refractivity contribution in [2.75, 3.05) is 0 Å². The maximum absolute atomic E-state index is 10.6. The Kier molecular flexibility index (Phi) is 3.66. The molecule has 1 aromatic rings. The summed E-state index contributed by atoms with van der Waals surface area (Å²) in [5, 5.41) is 10.7. The Labute approximate surface area is 81.8 Å². The lowest BCUT2D eigenvalue weighted by Crippen LogP contribution is -1.95. The maximum Gasteiger partial charge on any atom is 0.151 e. The SMILES string of the molecule is CCCC(C#N)c1sccc1C=O. The van der Waals surface area contributed by atoms with Gasteiger partial charge in [-0.05, 0) is 17.9 Å². The van der Waals surface area contributed by atoms with Gasteiger partial charge in [0.15, 0.2) is 6.29 Å². The van der Waals surface area contributed by atoms with Gasteiger partial charge in [0.1, 0.15) is 0 Å². The van der Waals surface area contributed by atoms with Crippen LogP contribution >= 0.6 is 11.3 Å². The van der Waals surface area contributed by atoms with Crippen LogP contribution in [0.15, 0.2) is 11.4 Å². The molecule has 0 aliphatic rings. The van der Waals surface area contributed by atoms with Gasteiger partial charge >= 0.3 is 0 Å². The lowest BCUT2D eigenvalue weighted by Gasteiger charge is -2.04. The first-order valence-corrected chi connectivity index (χ1v) is 5.13. The maximum atomic E-state index is 10.6. The molecule has 1 heterocycles. The zero-order valence-corrected chi connectivity index (χ0v) is 8.30. The number of carbonyl (C=O) groups excluding carboxylic acids is 1. The summed E-state index contributed by atoms with van der Waals surface area (Å²) in [5.41, 5.74) is 0.671. The van der Waals surface area contributed by atoms with Crippen molar-refractivity contribution in [3.8, 4) is 6.07 Å². The molecule has 1 atom stereocenters. The van der Waals surface area contributed by atoms with E-state index in [0.29, 0.717) is 5.56 Å². The summed E-state index contributed by atoms with van der Waals surface area (Å²) in [4.78, 5) is 11.5. The van der Waals surface area contributed by atoms with E-state index in [1.54, 1.807) is 6.07 Å². The summed E-state index contributed by atoms with van der Waals surface area (Å²) in [6, 6.07) is 4.00. The Hall–Kier alpha value is -1.14. The molecular weight excluding hydrogens is 182 g/mol. The van der Waals surface area contributed by atoms with Gasteiger partial charge in [0, 0.05) is 10.4 Å². The van der Waals surface area contributed by atoms with Crippen LogP contribution < -0.4 is 0 Å². The second kappa shape index (κ2) is 4.78. The quantitative estimate of drug-likeness (QED) is 0.690. The molecule has 0 radical (unpaired) electrons. The third-order valence-electron chi connectivity index (χ3n) is 1.90. The zero-order chi connectivity index (χ0) is 9.68. The Morgan fingerprint density at radius 2 is 2.54 bits per heavy atom. The van der Waals surface area contributed by atoms with E-state index in [1.165, 1.54) is 11.3 Å². The molecule has 0 saturated carbocycles. The Morgan fingerprint density at radius 1 is 1.77 bits per heavy atom. The van der Waals surface area contributed by atoms with Crippen LogP contribution in [0.25, 0.3) is 0 Å². The highest BCUT2D eigenvalue weighted by Crippen LogP contribution is 2.28. The first kappa shape index (κ1) is 9.94. The van der Waals surface area contributed by atoms with E-state index in [4.69, 9.17) is 5.26 Å². The van der Waals surface area contributed by atoms with Crippen LogP contribution in [0, 0.1) is 11.3 Å². The highest BCUT2D eigenvalue weighted by molar-refractivity contribution is 7.10. The van der Waals surface area contributed by atoms with E-state index in [0.717, 1.165) is 24.0 Å². The fraction of sp³-hybridized carbons (Fsp3) is 0.400. The summed E-state index contributed by atoms with van der Waals surface area (Å²) in [7, 11) is 0. The molecule has 13 heavy (non-hydrogen) atoms. The van der Waals surface area contributed by atoms with Crippen molar-refractivity contribution in [1.29, 1.82) is 5.26 Å². The molecule has 0 spiro atoms.